The van der Waals surface area contributed by atoms with Gasteiger partial charge in [0.1, 0.15) is 0 Å². The van der Waals surface area contributed by atoms with Gasteiger partial charge in [0.05, 0.1) is 6.42 Å². The monoisotopic (exact) mass is 337 g/mol. The van der Waals surface area contributed by atoms with Crippen molar-refractivity contribution in [3.05, 3.63) is 54.1 Å². The van der Waals surface area contributed by atoms with E-state index >= 15 is 0 Å². The molecule has 0 saturated carbocycles. The fraction of sp³-hybridized carbons (Fsp3) is 0.300. The second-order valence-electron chi connectivity index (χ2n) is 6.34. The summed E-state index contributed by atoms with van der Waals surface area (Å²) in [7, 11) is 0. The summed E-state index contributed by atoms with van der Waals surface area (Å²) in [4.78, 5) is 25.6. The van der Waals surface area contributed by atoms with Crippen LogP contribution in [0, 0.1) is 0 Å². The minimum absolute atomic E-state index is 0.0544. The number of amides is 2. The van der Waals surface area contributed by atoms with Crippen molar-refractivity contribution in [2.75, 3.05) is 28.6 Å². The van der Waals surface area contributed by atoms with Crippen LogP contribution in [0.3, 0.4) is 0 Å². The maximum atomic E-state index is 12.2. The van der Waals surface area contributed by atoms with Crippen molar-refractivity contribution in [2.45, 2.75) is 26.2 Å². The molecule has 2 aromatic rings. The lowest BCUT2D eigenvalue weighted by atomic mass is 10.1. The van der Waals surface area contributed by atoms with Gasteiger partial charge in [-0.25, -0.2) is 0 Å². The van der Waals surface area contributed by atoms with Gasteiger partial charge in [-0.2, -0.15) is 0 Å². The van der Waals surface area contributed by atoms with Gasteiger partial charge in [0, 0.05) is 37.1 Å². The first kappa shape index (κ1) is 17.0. The smallest absolute Gasteiger partial charge is 0.228 e. The highest BCUT2D eigenvalue weighted by Crippen LogP contribution is 2.21. The molecule has 0 atom stereocenters. The first-order chi connectivity index (χ1) is 12.1. The number of carbonyl (C=O) groups excluding carboxylic acids is 2. The average molecular weight is 337 g/mol. The van der Waals surface area contributed by atoms with E-state index in [4.69, 9.17) is 0 Å². The molecule has 2 aromatic carbocycles. The predicted molar refractivity (Wildman–Crippen MR) is 101 cm³/mol. The van der Waals surface area contributed by atoms with Gasteiger partial charge in [-0.1, -0.05) is 12.1 Å². The fourth-order valence-electron chi connectivity index (χ4n) is 3.03. The Balaban J connectivity index is 1.54. The molecule has 2 amide bonds. The SMILES string of the molecule is CC(=O)Nc1ccc(NC(=O)Cc2ccc(N3CCCC3)cc2)cc1. The minimum Gasteiger partial charge on any atom is -0.372 e. The number of benzene rings is 2. The Morgan fingerprint density at radius 1 is 0.880 bits per heavy atom. The van der Waals surface area contributed by atoms with Gasteiger partial charge in [-0.3, -0.25) is 9.59 Å². The van der Waals surface area contributed by atoms with Crippen LogP contribution in [0.5, 0.6) is 0 Å². The Morgan fingerprint density at radius 2 is 1.44 bits per heavy atom. The van der Waals surface area contributed by atoms with Crippen molar-refractivity contribution in [1.29, 1.82) is 0 Å². The minimum atomic E-state index is -0.117. The zero-order valence-corrected chi connectivity index (χ0v) is 14.4. The van der Waals surface area contributed by atoms with Gasteiger partial charge in [0.25, 0.3) is 0 Å². The van der Waals surface area contributed by atoms with Crippen molar-refractivity contribution in [3.8, 4) is 0 Å². The number of carbonyl (C=O) groups is 2. The molecule has 0 bridgehead atoms. The Labute approximate surface area is 148 Å². The summed E-state index contributed by atoms with van der Waals surface area (Å²) in [5, 5.41) is 5.58. The standard InChI is InChI=1S/C20H23N3O2/c1-15(24)21-17-6-8-18(9-7-17)22-20(25)14-16-4-10-19(11-5-16)23-12-2-3-13-23/h4-11H,2-3,12-14H2,1H3,(H,21,24)(H,22,25). The van der Waals surface area contributed by atoms with E-state index in [1.165, 1.54) is 25.5 Å². The third-order valence-electron chi connectivity index (χ3n) is 4.26. The summed E-state index contributed by atoms with van der Waals surface area (Å²) in [6.45, 7) is 3.70. The van der Waals surface area contributed by atoms with Crippen LogP contribution in [0.1, 0.15) is 25.3 Å². The van der Waals surface area contributed by atoms with Gasteiger partial charge in [-0.15, -0.1) is 0 Å². The van der Waals surface area contributed by atoms with Crippen LogP contribution < -0.4 is 15.5 Å². The van der Waals surface area contributed by atoms with Crippen LogP contribution in [0.25, 0.3) is 0 Å². The maximum Gasteiger partial charge on any atom is 0.228 e. The molecule has 2 N–H and O–H groups in total. The highest BCUT2D eigenvalue weighted by Gasteiger charge is 2.12. The molecule has 5 nitrogen and oxygen atoms in total. The Morgan fingerprint density at radius 3 is 2.00 bits per heavy atom. The highest BCUT2D eigenvalue weighted by molar-refractivity contribution is 5.93. The maximum absolute atomic E-state index is 12.2. The molecule has 25 heavy (non-hydrogen) atoms. The molecule has 0 radical (unpaired) electrons. The molecular weight excluding hydrogens is 314 g/mol. The van der Waals surface area contributed by atoms with E-state index in [1.54, 1.807) is 24.3 Å². The summed E-state index contributed by atoms with van der Waals surface area (Å²) in [5.74, 6) is -0.171. The van der Waals surface area contributed by atoms with E-state index in [9.17, 15) is 9.59 Å². The number of rotatable bonds is 5. The molecular formula is C20H23N3O2. The number of anilines is 3. The zero-order valence-electron chi connectivity index (χ0n) is 14.4. The molecule has 3 rings (SSSR count). The number of nitrogens with zero attached hydrogens (tertiary/aromatic N) is 1. The fourth-order valence-corrected chi connectivity index (χ4v) is 3.03. The highest BCUT2D eigenvalue weighted by atomic mass is 16.2. The molecule has 0 aromatic heterocycles. The van der Waals surface area contributed by atoms with Crippen molar-refractivity contribution in [2.24, 2.45) is 0 Å². The molecule has 0 unspecified atom stereocenters. The lowest BCUT2D eigenvalue weighted by Gasteiger charge is -2.17. The van der Waals surface area contributed by atoms with Crippen LogP contribution in [-0.4, -0.2) is 24.9 Å². The predicted octanol–water partition coefficient (Wildman–Crippen LogP) is 3.43. The first-order valence-corrected chi connectivity index (χ1v) is 8.61. The Bertz CT molecular complexity index is 733. The van der Waals surface area contributed by atoms with E-state index < -0.39 is 0 Å². The molecule has 130 valence electrons. The van der Waals surface area contributed by atoms with Crippen LogP contribution >= 0.6 is 0 Å². The van der Waals surface area contributed by atoms with Crippen LogP contribution in [0.4, 0.5) is 17.1 Å². The van der Waals surface area contributed by atoms with E-state index in [2.05, 4.69) is 27.7 Å². The molecule has 0 aliphatic carbocycles. The largest absolute Gasteiger partial charge is 0.372 e. The van der Waals surface area contributed by atoms with Crippen LogP contribution in [0.15, 0.2) is 48.5 Å². The topological polar surface area (TPSA) is 61.4 Å². The Hall–Kier alpha value is -2.82. The molecule has 1 fully saturated rings. The van der Waals surface area contributed by atoms with E-state index in [0.29, 0.717) is 17.8 Å². The summed E-state index contributed by atoms with van der Waals surface area (Å²) >= 11 is 0. The van der Waals surface area contributed by atoms with Crippen molar-refractivity contribution in [3.63, 3.8) is 0 Å². The third kappa shape index (κ3) is 4.83. The van der Waals surface area contributed by atoms with Gasteiger partial charge in [0.15, 0.2) is 0 Å². The molecule has 1 saturated heterocycles. The molecule has 1 heterocycles. The molecule has 1 aliphatic rings. The number of hydrogen-bond donors (Lipinski definition) is 2. The molecule has 0 spiro atoms. The summed E-state index contributed by atoms with van der Waals surface area (Å²) < 4.78 is 0. The lowest BCUT2D eigenvalue weighted by molar-refractivity contribution is -0.116. The van der Waals surface area contributed by atoms with Crippen molar-refractivity contribution >= 4 is 28.9 Å². The third-order valence-corrected chi connectivity index (χ3v) is 4.26. The molecule has 5 heteroatoms. The van der Waals surface area contributed by atoms with E-state index in [-0.39, 0.29) is 11.8 Å². The summed E-state index contributed by atoms with van der Waals surface area (Å²) in [6.07, 6.45) is 2.85. The second-order valence-corrected chi connectivity index (χ2v) is 6.34. The normalized spacial score (nSPS) is 13.6. The number of nitrogens with one attached hydrogen (secondary N) is 2. The summed E-state index contributed by atoms with van der Waals surface area (Å²) in [6, 6.07) is 15.3. The van der Waals surface area contributed by atoms with Crippen LogP contribution in [0.2, 0.25) is 0 Å². The first-order valence-electron chi connectivity index (χ1n) is 8.61. The second kappa shape index (κ2) is 7.83. The van der Waals surface area contributed by atoms with E-state index in [1.807, 2.05) is 12.1 Å². The zero-order chi connectivity index (χ0) is 17.6. The van der Waals surface area contributed by atoms with Crippen molar-refractivity contribution in [1.82, 2.24) is 0 Å². The van der Waals surface area contributed by atoms with Crippen LogP contribution in [-0.2, 0) is 16.0 Å². The van der Waals surface area contributed by atoms with Gasteiger partial charge >= 0.3 is 0 Å². The Kier molecular flexibility index (Phi) is 5.33. The van der Waals surface area contributed by atoms with Gasteiger partial charge < -0.3 is 15.5 Å². The summed E-state index contributed by atoms with van der Waals surface area (Å²) in [5.41, 5.74) is 3.65. The van der Waals surface area contributed by atoms with Gasteiger partial charge in [0.2, 0.25) is 11.8 Å². The van der Waals surface area contributed by atoms with E-state index in [0.717, 1.165) is 18.7 Å². The average Bonchev–Trinajstić information content (AvgIpc) is 3.11. The molecule has 1 aliphatic heterocycles. The quantitative estimate of drug-likeness (QED) is 0.879. The van der Waals surface area contributed by atoms with Gasteiger partial charge in [-0.05, 0) is 54.8 Å². The van der Waals surface area contributed by atoms with Crippen molar-refractivity contribution < 1.29 is 9.59 Å². The number of hydrogen-bond acceptors (Lipinski definition) is 3. The lowest BCUT2D eigenvalue weighted by Crippen LogP contribution is -2.18.